The van der Waals surface area contributed by atoms with Gasteiger partial charge >= 0.3 is 0 Å². The average Bonchev–Trinajstić information content (AvgIpc) is 2.08. The van der Waals surface area contributed by atoms with Gasteiger partial charge < -0.3 is 9.84 Å². The van der Waals surface area contributed by atoms with Gasteiger partial charge in [-0.1, -0.05) is 13.3 Å². The maximum atomic E-state index is 9.42. The van der Waals surface area contributed by atoms with E-state index in [4.69, 9.17) is 4.74 Å². The summed E-state index contributed by atoms with van der Waals surface area (Å²) in [4.78, 5) is 0. The van der Waals surface area contributed by atoms with Gasteiger partial charge in [-0.3, -0.25) is 0 Å². The third-order valence-corrected chi connectivity index (χ3v) is 2.86. The fourth-order valence-corrected chi connectivity index (χ4v) is 2.16. The van der Waals surface area contributed by atoms with Crippen molar-refractivity contribution < 1.29 is 9.84 Å². The number of ether oxygens (including phenoxy) is 1. The van der Waals surface area contributed by atoms with Gasteiger partial charge in [0.15, 0.2) is 0 Å². The molecular formula is C10H20O2. The van der Waals surface area contributed by atoms with E-state index >= 15 is 0 Å². The van der Waals surface area contributed by atoms with Crippen LogP contribution in [0.4, 0.5) is 0 Å². The Labute approximate surface area is 74.9 Å². The summed E-state index contributed by atoms with van der Waals surface area (Å²) in [7, 11) is 1.76. The molecule has 0 aromatic rings. The van der Waals surface area contributed by atoms with E-state index in [0.29, 0.717) is 12.0 Å². The lowest BCUT2D eigenvalue weighted by atomic mass is 9.82. The zero-order valence-electron chi connectivity index (χ0n) is 8.12. The summed E-state index contributed by atoms with van der Waals surface area (Å²) >= 11 is 0. The van der Waals surface area contributed by atoms with Crippen LogP contribution in [0.1, 0.15) is 39.0 Å². The van der Waals surface area contributed by atoms with E-state index < -0.39 is 0 Å². The summed E-state index contributed by atoms with van der Waals surface area (Å²) in [6.07, 6.45) is 5.57. The molecule has 0 bridgehead atoms. The molecule has 1 aliphatic carbocycles. The second-order valence-corrected chi connectivity index (χ2v) is 3.79. The molecule has 0 aromatic carbocycles. The van der Waals surface area contributed by atoms with Crippen molar-refractivity contribution >= 4 is 0 Å². The largest absolute Gasteiger partial charge is 0.393 e. The molecule has 1 N–H and O–H groups in total. The molecule has 1 saturated carbocycles. The normalized spacial score (nSPS) is 36.8. The van der Waals surface area contributed by atoms with Crippen molar-refractivity contribution in [3.05, 3.63) is 0 Å². The van der Waals surface area contributed by atoms with Gasteiger partial charge in [0.2, 0.25) is 0 Å². The molecule has 12 heavy (non-hydrogen) atoms. The van der Waals surface area contributed by atoms with Gasteiger partial charge in [0.25, 0.3) is 0 Å². The number of aliphatic hydroxyl groups excluding tert-OH is 1. The van der Waals surface area contributed by atoms with Crippen LogP contribution in [0.25, 0.3) is 0 Å². The molecule has 0 aromatic heterocycles. The summed E-state index contributed by atoms with van der Waals surface area (Å²) in [6, 6.07) is 0. The van der Waals surface area contributed by atoms with Gasteiger partial charge in [0.05, 0.1) is 12.2 Å². The van der Waals surface area contributed by atoms with Crippen LogP contribution < -0.4 is 0 Å². The van der Waals surface area contributed by atoms with Crippen LogP contribution in [-0.2, 0) is 4.74 Å². The second kappa shape index (κ2) is 4.83. The third-order valence-electron chi connectivity index (χ3n) is 2.86. The third kappa shape index (κ3) is 2.46. The Morgan fingerprint density at radius 2 is 2.17 bits per heavy atom. The van der Waals surface area contributed by atoms with E-state index in [-0.39, 0.29) is 6.10 Å². The van der Waals surface area contributed by atoms with Crippen molar-refractivity contribution in [3.8, 4) is 0 Å². The van der Waals surface area contributed by atoms with Gasteiger partial charge in [-0.05, 0) is 31.6 Å². The van der Waals surface area contributed by atoms with Crippen molar-refractivity contribution in [2.24, 2.45) is 5.92 Å². The first-order chi connectivity index (χ1) is 5.77. The molecule has 0 aliphatic heterocycles. The highest BCUT2D eigenvalue weighted by Crippen LogP contribution is 2.29. The number of aliphatic hydroxyl groups is 1. The van der Waals surface area contributed by atoms with E-state index in [9.17, 15) is 5.11 Å². The second-order valence-electron chi connectivity index (χ2n) is 3.79. The Morgan fingerprint density at radius 1 is 1.42 bits per heavy atom. The van der Waals surface area contributed by atoms with Crippen LogP contribution in [0.5, 0.6) is 0 Å². The van der Waals surface area contributed by atoms with Crippen molar-refractivity contribution in [1.29, 1.82) is 0 Å². The van der Waals surface area contributed by atoms with Crippen molar-refractivity contribution in [1.82, 2.24) is 0 Å². The van der Waals surface area contributed by atoms with Crippen LogP contribution in [0, 0.1) is 5.92 Å². The molecule has 2 nitrogen and oxygen atoms in total. The Bertz CT molecular complexity index is 125. The lowest BCUT2D eigenvalue weighted by molar-refractivity contribution is -0.0285. The van der Waals surface area contributed by atoms with Crippen LogP contribution >= 0.6 is 0 Å². The molecule has 0 amide bonds. The number of hydrogen-bond donors (Lipinski definition) is 1. The zero-order chi connectivity index (χ0) is 8.97. The van der Waals surface area contributed by atoms with Crippen LogP contribution in [0.2, 0.25) is 0 Å². The minimum Gasteiger partial charge on any atom is -0.393 e. The molecule has 1 fully saturated rings. The van der Waals surface area contributed by atoms with Crippen LogP contribution in [0.3, 0.4) is 0 Å². The fourth-order valence-electron chi connectivity index (χ4n) is 2.16. The first-order valence-corrected chi connectivity index (χ1v) is 4.98. The first kappa shape index (κ1) is 10.0. The number of rotatable bonds is 3. The maximum absolute atomic E-state index is 9.42. The van der Waals surface area contributed by atoms with Crippen molar-refractivity contribution in [3.63, 3.8) is 0 Å². The van der Waals surface area contributed by atoms with Crippen LogP contribution in [-0.4, -0.2) is 24.4 Å². The summed E-state index contributed by atoms with van der Waals surface area (Å²) in [6.45, 7) is 2.21. The predicted octanol–water partition coefficient (Wildman–Crippen LogP) is 1.96. The van der Waals surface area contributed by atoms with Gasteiger partial charge in [-0.2, -0.15) is 0 Å². The molecule has 0 radical (unpaired) electrons. The highest BCUT2D eigenvalue weighted by atomic mass is 16.5. The SMILES string of the molecule is CCCC1CCC(O)CC1OC. The topological polar surface area (TPSA) is 29.5 Å². The molecule has 3 atom stereocenters. The van der Waals surface area contributed by atoms with Gasteiger partial charge in [0.1, 0.15) is 0 Å². The van der Waals surface area contributed by atoms with E-state index in [1.54, 1.807) is 7.11 Å². The molecule has 1 aliphatic rings. The Balaban J connectivity index is 2.39. The summed E-state index contributed by atoms with van der Waals surface area (Å²) < 4.78 is 5.37. The number of methoxy groups -OCH3 is 1. The lowest BCUT2D eigenvalue weighted by Crippen LogP contribution is -2.33. The fraction of sp³-hybridized carbons (Fsp3) is 1.00. The van der Waals surface area contributed by atoms with E-state index in [0.717, 1.165) is 19.3 Å². The molecule has 0 heterocycles. The average molecular weight is 172 g/mol. The van der Waals surface area contributed by atoms with Gasteiger partial charge in [-0.25, -0.2) is 0 Å². The highest BCUT2D eigenvalue weighted by molar-refractivity contribution is 4.79. The molecular weight excluding hydrogens is 152 g/mol. The Hall–Kier alpha value is -0.0800. The Morgan fingerprint density at radius 3 is 2.75 bits per heavy atom. The minimum absolute atomic E-state index is 0.122. The Kier molecular flexibility index (Phi) is 4.02. The minimum atomic E-state index is -0.122. The molecule has 2 heteroatoms. The predicted molar refractivity (Wildman–Crippen MR) is 49.1 cm³/mol. The summed E-state index contributed by atoms with van der Waals surface area (Å²) in [5.41, 5.74) is 0. The van der Waals surface area contributed by atoms with E-state index in [1.165, 1.54) is 12.8 Å². The van der Waals surface area contributed by atoms with E-state index in [2.05, 4.69) is 6.92 Å². The monoisotopic (exact) mass is 172 g/mol. The van der Waals surface area contributed by atoms with Crippen LogP contribution in [0.15, 0.2) is 0 Å². The summed E-state index contributed by atoms with van der Waals surface area (Å²) in [5, 5.41) is 9.42. The molecule has 0 saturated heterocycles. The zero-order valence-corrected chi connectivity index (χ0v) is 8.12. The highest BCUT2D eigenvalue weighted by Gasteiger charge is 2.28. The quantitative estimate of drug-likeness (QED) is 0.705. The summed E-state index contributed by atoms with van der Waals surface area (Å²) in [5.74, 6) is 0.684. The standard InChI is InChI=1S/C10H20O2/c1-3-4-8-5-6-9(11)7-10(8)12-2/h8-11H,3-7H2,1-2H3. The van der Waals surface area contributed by atoms with Gasteiger partial charge in [-0.15, -0.1) is 0 Å². The van der Waals surface area contributed by atoms with Crippen molar-refractivity contribution in [2.45, 2.75) is 51.2 Å². The first-order valence-electron chi connectivity index (χ1n) is 4.98. The smallest absolute Gasteiger partial charge is 0.0624 e. The molecule has 0 spiro atoms. The van der Waals surface area contributed by atoms with Gasteiger partial charge in [0, 0.05) is 7.11 Å². The molecule has 1 rings (SSSR count). The molecule has 72 valence electrons. The maximum Gasteiger partial charge on any atom is 0.0624 e. The number of hydrogen-bond acceptors (Lipinski definition) is 2. The van der Waals surface area contributed by atoms with Crippen molar-refractivity contribution in [2.75, 3.05) is 7.11 Å². The van der Waals surface area contributed by atoms with E-state index in [1.807, 2.05) is 0 Å². The lowest BCUT2D eigenvalue weighted by Gasteiger charge is -2.32. The molecule has 3 unspecified atom stereocenters.